The number of carbonyl (C=O) groups is 4. The fourth-order valence-corrected chi connectivity index (χ4v) is 4.29. The fourth-order valence-electron chi connectivity index (χ4n) is 3.72. The third kappa shape index (κ3) is 6.44. The lowest BCUT2D eigenvalue weighted by Gasteiger charge is -2.26. The Bertz CT molecular complexity index is 1440. The lowest BCUT2D eigenvalue weighted by atomic mass is 10.1. The minimum absolute atomic E-state index is 0.236. The van der Waals surface area contributed by atoms with Crippen molar-refractivity contribution >= 4 is 57.1 Å². The summed E-state index contributed by atoms with van der Waals surface area (Å²) in [5.74, 6) is -0.756. The van der Waals surface area contributed by atoms with Crippen LogP contribution in [0.5, 0.6) is 17.2 Å². The highest BCUT2D eigenvalue weighted by Crippen LogP contribution is 2.38. The van der Waals surface area contributed by atoms with Crippen LogP contribution in [0.4, 0.5) is 16.2 Å². The molecule has 3 aromatic carbocycles. The zero-order chi connectivity index (χ0) is 27.9. The first kappa shape index (κ1) is 27.4. The third-order valence-electron chi connectivity index (χ3n) is 5.48. The van der Waals surface area contributed by atoms with Gasteiger partial charge < -0.3 is 19.5 Å². The highest BCUT2D eigenvalue weighted by atomic mass is 79.9. The maximum Gasteiger partial charge on any atom is 0.335 e. The molecule has 0 unspecified atom stereocenters. The number of ether oxygens (including phenoxy) is 3. The van der Waals surface area contributed by atoms with Gasteiger partial charge in [-0.25, -0.2) is 9.69 Å². The molecule has 1 saturated heterocycles. The molecule has 39 heavy (non-hydrogen) atoms. The Morgan fingerprint density at radius 1 is 1.03 bits per heavy atom. The van der Waals surface area contributed by atoms with Gasteiger partial charge in [0.25, 0.3) is 17.7 Å². The molecule has 0 bridgehead atoms. The van der Waals surface area contributed by atoms with Crippen LogP contribution in [0, 0.1) is 0 Å². The Morgan fingerprint density at radius 2 is 1.74 bits per heavy atom. The number of para-hydroxylation sites is 1. The number of carbonyl (C=O) groups excluding carboxylic acids is 4. The monoisotopic (exact) mass is 593 g/mol. The normalized spacial score (nSPS) is 14.2. The number of halogens is 1. The second-order valence-electron chi connectivity index (χ2n) is 8.12. The maximum atomic E-state index is 13.1. The molecule has 1 fully saturated rings. The molecule has 0 spiro atoms. The van der Waals surface area contributed by atoms with Crippen molar-refractivity contribution in [3.8, 4) is 17.2 Å². The molecule has 1 aliphatic rings. The molecule has 2 N–H and O–H groups in total. The van der Waals surface area contributed by atoms with Crippen molar-refractivity contribution < 1.29 is 33.4 Å². The van der Waals surface area contributed by atoms with Gasteiger partial charge >= 0.3 is 6.03 Å². The summed E-state index contributed by atoms with van der Waals surface area (Å²) >= 11 is 3.42. The number of nitrogens with one attached hydrogen (secondary N) is 2. The van der Waals surface area contributed by atoms with Crippen LogP contribution < -0.4 is 29.7 Å². The van der Waals surface area contributed by atoms with Crippen LogP contribution in [0.2, 0.25) is 0 Å². The van der Waals surface area contributed by atoms with E-state index in [4.69, 9.17) is 14.2 Å². The quantitative estimate of drug-likeness (QED) is 0.276. The van der Waals surface area contributed by atoms with E-state index in [9.17, 15) is 19.2 Å². The van der Waals surface area contributed by atoms with Gasteiger partial charge in [0.2, 0.25) is 0 Å². The van der Waals surface area contributed by atoms with Crippen LogP contribution in [0.1, 0.15) is 12.5 Å². The van der Waals surface area contributed by atoms with E-state index in [2.05, 4.69) is 26.6 Å². The van der Waals surface area contributed by atoms with Gasteiger partial charge in [-0.1, -0.05) is 18.2 Å². The van der Waals surface area contributed by atoms with E-state index in [0.29, 0.717) is 27.2 Å². The van der Waals surface area contributed by atoms with Crippen LogP contribution >= 0.6 is 15.9 Å². The Labute approximate surface area is 232 Å². The van der Waals surface area contributed by atoms with Crippen molar-refractivity contribution in [1.29, 1.82) is 0 Å². The first-order chi connectivity index (χ1) is 18.8. The topological polar surface area (TPSA) is 123 Å². The highest BCUT2D eigenvalue weighted by Gasteiger charge is 2.36. The third-order valence-corrected chi connectivity index (χ3v) is 6.07. The summed E-state index contributed by atoms with van der Waals surface area (Å²) in [6.07, 6.45) is 1.35. The smallest absolute Gasteiger partial charge is 0.335 e. The number of methoxy groups -OCH3 is 1. The molecule has 1 aliphatic heterocycles. The van der Waals surface area contributed by atoms with Crippen LogP contribution in [0.15, 0.2) is 76.8 Å². The maximum absolute atomic E-state index is 13.1. The molecule has 5 amide bonds. The van der Waals surface area contributed by atoms with Crippen molar-refractivity contribution in [2.24, 2.45) is 0 Å². The van der Waals surface area contributed by atoms with Crippen LogP contribution in [0.3, 0.4) is 0 Å². The molecule has 3 aromatic rings. The lowest BCUT2D eigenvalue weighted by molar-refractivity contribution is -0.122. The molecule has 0 aromatic heterocycles. The van der Waals surface area contributed by atoms with Gasteiger partial charge in [-0.05, 0) is 83.0 Å². The van der Waals surface area contributed by atoms with E-state index < -0.39 is 23.8 Å². The van der Waals surface area contributed by atoms with Gasteiger partial charge in [-0.3, -0.25) is 19.7 Å². The van der Waals surface area contributed by atoms with Crippen LogP contribution in [-0.2, 0) is 14.4 Å². The average molecular weight is 594 g/mol. The van der Waals surface area contributed by atoms with E-state index in [-0.39, 0.29) is 30.3 Å². The summed E-state index contributed by atoms with van der Waals surface area (Å²) < 4.78 is 17.0. The molecule has 0 atom stereocenters. The highest BCUT2D eigenvalue weighted by molar-refractivity contribution is 9.10. The van der Waals surface area contributed by atoms with Crippen LogP contribution in [-0.4, -0.2) is 44.1 Å². The van der Waals surface area contributed by atoms with Crippen LogP contribution in [0.25, 0.3) is 6.08 Å². The molecule has 200 valence electrons. The Kier molecular flexibility index (Phi) is 8.62. The summed E-state index contributed by atoms with van der Waals surface area (Å²) in [7, 11) is 1.55. The molecule has 0 radical (unpaired) electrons. The number of imide groups is 2. The molecular weight excluding hydrogens is 570 g/mol. The summed E-state index contributed by atoms with van der Waals surface area (Å²) in [6.45, 7) is 1.76. The Balaban J connectivity index is 1.55. The number of hydrogen-bond acceptors (Lipinski definition) is 7. The molecule has 1 heterocycles. The van der Waals surface area contributed by atoms with Crippen molar-refractivity contribution in [3.63, 3.8) is 0 Å². The number of hydrogen-bond donors (Lipinski definition) is 2. The number of benzene rings is 3. The fraction of sp³-hybridized carbons (Fsp3) is 0.143. The van der Waals surface area contributed by atoms with Crippen molar-refractivity contribution in [2.45, 2.75) is 6.92 Å². The van der Waals surface area contributed by atoms with Gasteiger partial charge in [0.15, 0.2) is 18.1 Å². The van der Waals surface area contributed by atoms with Gasteiger partial charge in [0, 0.05) is 5.69 Å². The van der Waals surface area contributed by atoms with E-state index >= 15 is 0 Å². The van der Waals surface area contributed by atoms with E-state index in [0.717, 1.165) is 4.90 Å². The summed E-state index contributed by atoms with van der Waals surface area (Å²) in [4.78, 5) is 51.4. The van der Waals surface area contributed by atoms with Gasteiger partial charge in [-0.2, -0.15) is 0 Å². The predicted octanol–water partition coefficient (Wildman–Crippen LogP) is 4.54. The van der Waals surface area contributed by atoms with Crippen molar-refractivity contribution in [2.75, 3.05) is 30.5 Å². The van der Waals surface area contributed by atoms with E-state index in [1.54, 1.807) is 80.8 Å². The zero-order valence-electron chi connectivity index (χ0n) is 21.0. The number of urea groups is 1. The number of barbiturate groups is 1. The largest absolute Gasteiger partial charge is 0.497 e. The Morgan fingerprint density at radius 3 is 2.41 bits per heavy atom. The average Bonchev–Trinajstić information content (AvgIpc) is 2.91. The minimum atomic E-state index is -0.832. The SMILES string of the molecule is CCOc1cc(/C=C2/C(=O)NC(=O)N(c3ccccc3)C2=O)cc(Br)c1OCC(=O)Nc1ccc(OC)cc1. The molecule has 4 rings (SSSR count). The standard InChI is InChI=1S/C28H24BrN3O7/c1-3-38-23-15-17(13-21-26(34)31-28(36)32(27(21)35)19-7-5-4-6-8-19)14-22(29)25(23)39-16-24(33)30-18-9-11-20(37-2)12-10-18/h4-15H,3,16H2,1-2H3,(H,30,33)(H,31,34,36)/b21-13-. The second kappa shape index (κ2) is 12.3. The minimum Gasteiger partial charge on any atom is -0.497 e. The lowest BCUT2D eigenvalue weighted by Crippen LogP contribution is -2.54. The number of amides is 5. The van der Waals surface area contributed by atoms with Gasteiger partial charge in [0.05, 0.1) is 23.9 Å². The first-order valence-corrected chi connectivity index (χ1v) is 12.6. The number of rotatable bonds is 9. The number of anilines is 2. The van der Waals surface area contributed by atoms with E-state index in [1.807, 2.05) is 0 Å². The second-order valence-corrected chi connectivity index (χ2v) is 8.98. The zero-order valence-corrected chi connectivity index (χ0v) is 22.6. The van der Waals surface area contributed by atoms with Gasteiger partial charge in [0.1, 0.15) is 11.3 Å². The molecule has 0 saturated carbocycles. The molecular formula is C28H24BrN3O7. The summed E-state index contributed by atoms with van der Waals surface area (Å²) in [5.41, 5.74) is 1.10. The number of nitrogens with zero attached hydrogens (tertiary/aromatic N) is 1. The summed E-state index contributed by atoms with van der Waals surface area (Å²) in [5, 5.41) is 4.92. The van der Waals surface area contributed by atoms with Crippen molar-refractivity contribution in [3.05, 3.63) is 82.3 Å². The first-order valence-electron chi connectivity index (χ1n) is 11.8. The van der Waals surface area contributed by atoms with Gasteiger partial charge in [-0.15, -0.1) is 0 Å². The van der Waals surface area contributed by atoms with E-state index in [1.165, 1.54) is 6.08 Å². The Hall–Kier alpha value is -4.64. The molecule has 10 nitrogen and oxygen atoms in total. The van der Waals surface area contributed by atoms with Crippen molar-refractivity contribution in [1.82, 2.24) is 5.32 Å². The predicted molar refractivity (Wildman–Crippen MR) is 148 cm³/mol. The molecule has 11 heteroatoms. The summed E-state index contributed by atoms with van der Waals surface area (Å²) in [6, 6.07) is 17.5. The molecule has 0 aliphatic carbocycles.